The van der Waals surface area contributed by atoms with Gasteiger partial charge < -0.3 is 0 Å². The molecule has 0 fully saturated rings. The van der Waals surface area contributed by atoms with Crippen LogP contribution in [-0.4, -0.2) is 4.98 Å². The highest BCUT2D eigenvalue weighted by atomic mass is 32.1. The second-order valence-electron chi connectivity index (χ2n) is 3.16. The predicted molar refractivity (Wildman–Crippen MR) is 62.2 cm³/mol. The normalized spacial score (nSPS) is 10.9. The Morgan fingerprint density at radius 1 is 1.29 bits per heavy atom. The number of hydrogen-bond acceptors (Lipinski definition) is 2. The van der Waals surface area contributed by atoms with E-state index in [0.717, 1.165) is 5.69 Å². The third-order valence-corrected chi connectivity index (χ3v) is 2.54. The second kappa shape index (κ2) is 4.20. The van der Waals surface area contributed by atoms with Gasteiger partial charge in [0.25, 0.3) is 0 Å². The molecule has 0 aliphatic rings. The maximum atomic E-state index is 4.19. The average molecular weight is 201 g/mol. The third-order valence-electron chi connectivity index (χ3n) is 1.94. The minimum Gasteiger partial charge on any atom is -0.245 e. The van der Waals surface area contributed by atoms with Crippen molar-refractivity contribution in [3.63, 3.8) is 0 Å². The lowest BCUT2D eigenvalue weighted by molar-refractivity contribution is 1.39. The van der Waals surface area contributed by atoms with Crippen molar-refractivity contribution in [2.24, 2.45) is 0 Å². The SMILES string of the molecule is Cc1cccc(/C=C/c2cscn2)c1. The molecule has 0 saturated heterocycles. The molecule has 14 heavy (non-hydrogen) atoms. The summed E-state index contributed by atoms with van der Waals surface area (Å²) in [5, 5.41) is 2.03. The van der Waals surface area contributed by atoms with Crippen LogP contribution in [0, 0.1) is 6.92 Å². The Morgan fingerprint density at radius 3 is 2.93 bits per heavy atom. The molecule has 0 saturated carbocycles. The fourth-order valence-corrected chi connectivity index (χ4v) is 1.78. The van der Waals surface area contributed by atoms with Crippen LogP contribution in [0.25, 0.3) is 12.2 Å². The number of aryl methyl sites for hydroxylation is 1. The van der Waals surface area contributed by atoms with Crippen LogP contribution >= 0.6 is 11.3 Å². The van der Waals surface area contributed by atoms with E-state index in [1.54, 1.807) is 11.3 Å². The number of nitrogens with zero attached hydrogens (tertiary/aromatic N) is 1. The Bertz CT molecular complexity index is 429. The third kappa shape index (κ3) is 2.30. The molecule has 0 atom stereocenters. The minimum absolute atomic E-state index is 1.02. The molecule has 2 aromatic rings. The standard InChI is InChI=1S/C12H11NS/c1-10-3-2-4-11(7-10)5-6-12-8-14-9-13-12/h2-9H,1H3/b6-5+. The largest absolute Gasteiger partial charge is 0.245 e. The van der Waals surface area contributed by atoms with Crippen molar-refractivity contribution < 1.29 is 0 Å². The van der Waals surface area contributed by atoms with Crippen LogP contribution in [0.1, 0.15) is 16.8 Å². The van der Waals surface area contributed by atoms with E-state index in [-0.39, 0.29) is 0 Å². The van der Waals surface area contributed by atoms with Gasteiger partial charge in [-0.3, -0.25) is 0 Å². The van der Waals surface area contributed by atoms with Gasteiger partial charge in [0.15, 0.2) is 0 Å². The van der Waals surface area contributed by atoms with Crippen LogP contribution < -0.4 is 0 Å². The molecule has 1 nitrogen and oxygen atoms in total. The van der Waals surface area contributed by atoms with Crippen LogP contribution in [0.5, 0.6) is 0 Å². The summed E-state index contributed by atoms with van der Waals surface area (Å²) in [7, 11) is 0. The second-order valence-corrected chi connectivity index (χ2v) is 3.88. The van der Waals surface area contributed by atoms with Gasteiger partial charge in [-0.05, 0) is 18.6 Å². The first-order valence-electron chi connectivity index (χ1n) is 4.47. The Balaban J connectivity index is 2.18. The van der Waals surface area contributed by atoms with Crippen molar-refractivity contribution in [1.82, 2.24) is 4.98 Å². The maximum Gasteiger partial charge on any atom is 0.0798 e. The van der Waals surface area contributed by atoms with Gasteiger partial charge in [-0.1, -0.05) is 35.9 Å². The average Bonchev–Trinajstić information content (AvgIpc) is 2.67. The van der Waals surface area contributed by atoms with Crippen LogP contribution in [0.15, 0.2) is 35.2 Å². The first kappa shape index (κ1) is 9.16. The highest BCUT2D eigenvalue weighted by Crippen LogP contribution is 2.09. The van der Waals surface area contributed by atoms with Gasteiger partial charge in [-0.15, -0.1) is 11.3 Å². The lowest BCUT2D eigenvalue weighted by Gasteiger charge is -1.94. The Labute approximate surface area is 87.8 Å². The van der Waals surface area contributed by atoms with E-state index in [2.05, 4.69) is 42.2 Å². The summed E-state index contributed by atoms with van der Waals surface area (Å²) in [6, 6.07) is 8.41. The van der Waals surface area contributed by atoms with Crippen molar-refractivity contribution >= 4 is 23.5 Å². The first-order valence-corrected chi connectivity index (χ1v) is 5.42. The van der Waals surface area contributed by atoms with Crippen molar-refractivity contribution in [3.8, 4) is 0 Å². The molecule has 0 bridgehead atoms. The molecule has 0 aliphatic carbocycles. The van der Waals surface area contributed by atoms with E-state index < -0.39 is 0 Å². The lowest BCUT2D eigenvalue weighted by atomic mass is 10.1. The molecule has 0 spiro atoms. The highest BCUT2D eigenvalue weighted by Gasteiger charge is 1.89. The molecule has 1 aromatic carbocycles. The van der Waals surface area contributed by atoms with Crippen LogP contribution in [0.4, 0.5) is 0 Å². The zero-order valence-corrected chi connectivity index (χ0v) is 8.79. The van der Waals surface area contributed by atoms with E-state index in [4.69, 9.17) is 0 Å². The number of rotatable bonds is 2. The molecule has 0 radical (unpaired) electrons. The molecule has 0 aliphatic heterocycles. The summed E-state index contributed by atoms with van der Waals surface area (Å²) in [6.07, 6.45) is 4.12. The first-order chi connectivity index (χ1) is 6.84. The number of benzene rings is 1. The van der Waals surface area contributed by atoms with Gasteiger partial charge in [0.2, 0.25) is 0 Å². The zero-order chi connectivity index (χ0) is 9.80. The van der Waals surface area contributed by atoms with Crippen LogP contribution in [0.2, 0.25) is 0 Å². The van der Waals surface area contributed by atoms with Gasteiger partial charge >= 0.3 is 0 Å². The Hall–Kier alpha value is -1.41. The van der Waals surface area contributed by atoms with E-state index in [1.165, 1.54) is 11.1 Å². The Morgan fingerprint density at radius 2 is 2.21 bits per heavy atom. The van der Waals surface area contributed by atoms with Crippen LogP contribution in [-0.2, 0) is 0 Å². The quantitative estimate of drug-likeness (QED) is 0.723. The van der Waals surface area contributed by atoms with Crippen molar-refractivity contribution in [1.29, 1.82) is 0 Å². The van der Waals surface area contributed by atoms with E-state index in [0.29, 0.717) is 0 Å². The number of hydrogen-bond donors (Lipinski definition) is 0. The van der Waals surface area contributed by atoms with E-state index in [1.807, 2.05) is 17.0 Å². The van der Waals surface area contributed by atoms with Gasteiger partial charge in [-0.25, -0.2) is 4.98 Å². The summed E-state index contributed by atoms with van der Waals surface area (Å²) < 4.78 is 0. The molecule has 1 heterocycles. The summed E-state index contributed by atoms with van der Waals surface area (Å²) in [5.41, 5.74) is 5.37. The molecular formula is C12H11NS. The van der Waals surface area contributed by atoms with Crippen molar-refractivity contribution in [3.05, 3.63) is 52.0 Å². The summed E-state index contributed by atoms with van der Waals surface area (Å²) >= 11 is 1.62. The number of thiazole rings is 1. The predicted octanol–water partition coefficient (Wildman–Crippen LogP) is 3.62. The fraction of sp³-hybridized carbons (Fsp3) is 0.0833. The monoisotopic (exact) mass is 201 g/mol. The topological polar surface area (TPSA) is 12.9 Å². The van der Waals surface area contributed by atoms with Crippen molar-refractivity contribution in [2.75, 3.05) is 0 Å². The molecule has 2 heteroatoms. The smallest absolute Gasteiger partial charge is 0.0798 e. The molecule has 0 N–H and O–H groups in total. The highest BCUT2D eigenvalue weighted by molar-refractivity contribution is 7.07. The zero-order valence-electron chi connectivity index (χ0n) is 7.97. The maximum absolute atomic E-state index is 4.19. The number of aromatic nitrogens is 1. The molecule has 0 amide bonds. The van der Waals surface area contributed by atoms with Gasteiger partial charge in [-0.2, -0.15) is 0 Å². The van der Waals surface area contributed by atoms with Gasteiger partial charge in [0.05, 0.1) is 11.2 Å². The molecule has 0 unspecified atom stereocenters. The molecule has 70 valence electrons. The summed E-state index contributed by atoms with van der Waals surface area (Å²) in [6.45, 7) is 2.10. The van der Waals surface area contributed by atoms with Gasteiger partial charge in [0, 0.05) is 5.38 Å². The van der Waals surface area contributed by atoms with Gasteiger partial charge in [0.1, 0.15) is 0 Å². The summed E-state index contributed by atoms with van der Waals surface area (Å²) in [4.78, 5) is 4.19. The fourth-order valence-electron chi connectivity index (χ4n) is 1.26. The molecular weight excluding hydrogens is 190 g/mol. The minimum atomic E-state index is 1.02. The molecule has 1 aromatic heterocycles. The van der Waals surface area contributed by atoms with E-state index >= 15 is 0 Å². The van der Waals surface area contributed by atoms with Crippen LogP contribution in [0.3, 0.4) is 0 Å². The lowest BCUT2D eigenvalue weighted by Crippen LogP contribution is -1.74. The molecule has 2 rings (SSSR count). The van der Waals surface area contributed by atoms with E-state index in [9.17, 15) is 0 Å². The Kier molecular flexibility index (Phi) is 2.75. The summed E-state index contributed by atoms with van der Waals surface area (Å²) in [5.74, 6) is 0. The van der Waals surface area contributed by atoms with Crippen molar-refractivity contribution in [2.45, 2.75) is 6.92 Å².